The van der Waals surface area contributed by atoms with Crippen LogP contribution in [0.5, 0.6) is 5.88 Å². The van der Waals surface area contributed by atoms with Gasteiger partial charge in [-0.05, 0) is 12.8 Å². The second-order valence-corrected chi connectivity index (χ2v) is 3.73. The fourth-order valence-electron chi connectivity index (χ4n) is 1.27. The van der Waals surface area contributed by atoms with E-state index in [2.05, 4.69) is 15.3 Å². The van der Waals surface area contributed by atoms with Gasteiger partial charge in [0.2, 0.25) is 11.8 Å². The van der Waals surface area contributed by atoms with E-state index in [-0.39, 0.29) is 5.92 Å². The third kappa shape index (κ3) is 4.67. The highest BCUT2D eigenvalue weighted by atomic mass is 16.5. The molecule has 0 aliphatic carbocycles. The van der Waals surface area contributed by atoms with Crippen LogP contribution in [-0.4, -0.2) is 34.7 Å². The molecule has 1 atom stereocenters. The summed E-state index contributed by atoms with van der Waals surface area (Å²) in [4.78, 5) is 18.7. The lowest BCUT2D eigenvalue weighted by molar-refractivity contribution is -0.141. The summed E-state index contributed by atoms with van der Waals surface area (Å²) in [6, 6.07) is 1.66. The van der Waals surface area contributed by atoms with Crippen LogP contribution in [0.2, 0.25) is 0 Å². The summed E-state index contributed by atoms with van der Waals surface area (Å²) in [6.07, 6.45) is 2.99. The Kier molecular flexibility index (Phi) is 5.19. The number of aromatic nitrogens is 2. The molecule has 6 nitrogen and oxygen atoms in total. The van der Waals surface area contributed by atoms with Crippen LogP contribution < -0.4 is 10.1 Å². The zero-order chi connectivity index (χ0) is 12.7. The Morgan fingerprint density at radius 2 is 2.41 bits per heavy atom. The highest BCUT2D eigenvalue weighted by molar-refractivity contribution is 5.69. The van der Waals surface area contributed by atoms with E-state index in [0.29, 0.717) is 24.8 Å². The Bertz CT molecular complexity index is 371. The molecule has 6 heteroatoms. The van der Waals surface area contributed by atoms with Gasteiger partial charge in [-0.15, -0.1) is 0 Å². The highest BCUT2D eigenvalue weighted by Gasteiger charge is 2.09. The average Bonchev–Trinajstić information content (AvgIpc) is 2.34. The number of hydrogen-bond acceptors (Lipinski definition) is 5. The van der Waals surface area contributed by atoms with Crippen LogP contribution in [0, 0.1) is 5.92 Å². The fraction of sp³-hybridized carbons (Fsp3) is 0.545. The van der Waals surface area contributed by atoms with E-state index >= 15 is 0 Å². The number of carbonyl (C=O) groups is 1. The maximum Gasteiger partial charge on any atom is 0.306 e. The van der Waals surface area contributed by atoms with Crippen molar-refractivity contribution in [1.82, 2.24) is 9.97 Å². The van der Waals surface area contributed by atoms with Crippen LogP contribution in [0.25, 0.3) is 0 Å². The normalized spacial score (nSPS) is 11.9. The van der Waals surface area contributed by atoms with E-state index < -0.39 is 5.97 Å². The van der Waals surface area contributed by atoms with E-state index in [4.69, 9.17) is 9.84 Å². The van der Waals surface area contributed by atoms with Crippen molar-refractivity contribution in [2.75, 3.05) is 19.0 Å². The number of carboxylic acids is 1. The molecule has 2 N–H and O–H groups in total. The zero-order valence-electron chi connectivity index (χ0n) is 10.0. The summed E-state index contributed by atoms with van der Waals surface area (Å²) < 4.78 is 4.96. The van der Waals surface area contributed by atoms with E-state index in [1.165, 1.54) is 0 Å². The van der Waals surface area contributed by atoms with Crippen LogP contribution >= 0.6 is 0 Å². The monoisotopic (exact) mass is 239 g/mol. The first-order chi connectivity index (χ1) is 8.13. The van der Waals surface area contributed by atoms with Gasteiger partial charge >= 0.3 is 5.97 Å². The number of aliphatic carboxylic acids is 1. The Morgan fingerprint density at radius 3 is 3.06 bits per heavy atom. The summed E-state index contributed by atoms with van der Waals surface area (Å²) in [5, 5.41) is 11.7. The SMILES string of the molecule is COc1ccnc(NCCCC(C)C(=O)O)n1. The molecule has 0 saturated carbocycles. The Labute approximate surface area is 100 Å². The number of nitrogens with zero attached hydrogens (tertiary/aromatic N) is 2. The standard InChI is InChI=1S/C11H17N3O3/c1-8(10(15)16)4-3-6-12-11-13-7-5-9(14-11)17-2/h5,7-8H,3-4,6H2,1-2H3,(H,15,16)(H,12,13,14). The number of methoxy groups -OCH3 is 1. The number of carboxylic acid groups (broad SMARTS) is 1. The maximum absolute atomic E-state index is 10.6. The quantitative estimate of drug-likeness (QED) is 0.700. The van der Waals surface area contributed by atoms with Crippen LogP contribution in [0.4, 0.5) is 5.95 Å². The lowest BCUT2D eigenvalue weighted by atomic mass is 10.1. The summed E-state index contributed by atoms with van der Waals surface area (Å²) in [7, 11) is 1.54. The van der Waals surface area contributed by atoms with Crippen molar-refractivity contribution in [3.63, 3.8) is 0 Å². The molecule has 1 aromatic rings. The van der Waals surface area contributed by atoms with Crippen molar-refractivity contribution in [3.05, 3.63) is 12.3 Å². The molecular weight excluding hydrogens is 222 g/mol. The van der Waals surface area contributed by atoms with Crippen molar-refractivity contribution >= 4 is 11.9 Å². The van der Waals surface area contributed by atoms with E-state index in [9.17, 15) is 4.79 Å². The van der Waals surface area contributed by atoms with Gasteiger partial charge in [0.05, 0.1) is 13.0 Å². The van der Waals surface area contributed by atoms with Crippen LogP contribution in [-0.2, 0) is 4.79 Å². The second kappa shape index (κ2) is 6.67. The lowest BCUT2D eigenvalue weighted by Gasteiger charge is -2.07. The largest absolute Gasteiger partial charge is 0.481 e. The third-order valence-corrected chi connectivity index (χ3v) is 2.36. The Hall–Kier alpha value is -1.85. The highest BCUT2D eigenvalue weighted by Crippen LogP contribution is 2.08. The topological polar surface area (TPSA) is 84.3 Å². The molecule has 0 spiro atoms. The molecule has 1 aromatic heterocycles. The Morgan fingerprint density at radius 1 is 1.65 bits per heavy atom. The minimum Gasteiger partial charge on any atom is -0.481 e. The van der Waals surface area contributed by atoms with Crippen LogP contribution in [0.1, 0.15) is 19.8 Å². The molecule has 0 amide bonds. The predicted octanol–water partition coefficient (Wildman–Crippen LogP) is 1.40. The van der Waals surface area contributed by atoms with Gasteiger partial charge in [0, 0.05) is 18.8 Å². The van der Waals surface area contributed by atoms with E-state index in [1.807, 2.05) is 0 Å². The predicted molar refractivity (Wildman–Crippen MR) is 63.1 cm³/mol. The van der Waals surface area contributed by atoms with Crippen molar-refractivity contribution in [2.45, 2.75) is 19.8 Å². The van der Waals surface area contributed by atoms with Crippen molar-refractivity contribution in [3.8, 4) is 5.88 Å². The van der Waals surface area contributed by atoms with Gasteiger partial charge in [-0.1, -0.05) is 6.92 Å². The smallest absolute Gasteiger partial charge is 0.306 e. The molecule has 94 valence electrons. The van der Waals surface area contributed by atoms with Crippen molar-refractivity contribution in [2.24, 2.45) is 5.92 Å². The summed E-state index contributed by atoms with van der Waals surface area (Å²) >= 11 is 0. The number of anilines is 1. The number of ether oxygens (including phenoxy) is 1. The first-order valence-electron chi connectivity index (χ1n) is 5.47. The van der Waals surface area contributed by atoms with Gasteiger partial charge in [0.15, 0.2) is 0 Å². The van der Waals surface area contributed by atoms with Gasteiger partial charge in [-0.2, -0.15) is 4.98 Å². The molecule has 0 saturated heterocycles. The van der Waals surface area contributed by atoms with Gasteiger partial charge in [-0.3, -0.25) is 4.79 Å². The van der Waals surface area contributed by atoms with E-state index in [1.54, 1.807) is 26.3 Å². The van der Waals surface area contributed by atoms with Crippen molar-refractivity contribution < 1.29 is 14.6 Å². The average molecular weight is 239 g/mol. The number of rotatable bonds is 7. The molecule has 1 rings (SSSR count). The molecule has 1 unspecified atom stereocenters. The molecular formula is C11H17N3O3. The maximum atomic E-state index is 10.6. The van der Waals surface area contributed by atoms with Crippen molar-refractivity contribution in [1.29, 1.82) is 0 Å². The third-order valence-electron chi connectivity index (χ3n) is 2.36. The molecule has 0 aliphatic rings. The van der Waals surface area contributed by atoms with Crippen LogP contribution in [0.3, 0.4) is 0 Å². The first-order valence-corrected chi connectivity index (χ1v) is 5.47. The molecule has 0 aliphatic heterocycles. The minimum atomic E-state index is -0.761. The number of nitrogens with one attached hydrogen (secondary N) is 1. The van der Waals surface area contributed by atoms with E-state index in [0.717, 1.165) is 6.42 Å². The van der Waals surface area contributed by atoms with Gasteiger partial charge in [0.25, 0.3) is 0 Å². The van der Waals surface area contributed by atoms with Gasteiger partial charge in [0.1, 0.15) is 0 Å². The summed E-state index contributed by atoms with van der Waals surface area (Å²) in [5.41, 5.74) is 0. The van der Waals surface area contributed by atoms with Crippen LogP contribution in [0.15, 0.2) is 12.3 Å². The molecule has 0 radical (unpaired) electrons. The second-order valence-electron chi connectivity index (χ2n) is 3.73. The molecule has 0 aromatic carbocycles. The first kappa shape index (κ1) is 13.2. The molecule has 17 heavy (non-hydrogen) atoms. The molecule has 0 fully saturated rings. The molecule has 0 bridgehead atoms. The Balaban J connectivity index is 2.28. The molecule has 1 heterocycles. The zero-order valence-corrected chi connectivity index (χ0v) is 10.0. The summed E-state index contributed by atoms with van der Waals surface area (Å²) in [5.74, 6) is -0.0839. The lowest BCUT2D eigenvalue weighted by Crippen LogP contribution is -2.12. The summed E-state index contributed by atoms with van der Waals surface area (Å²) in [6.45, 7) is 2.34. The van der Waals surface area contributed by atoms with Gasteiger partial charge < -0.3 is 15.2 Å². The fourth-order valence-corrected chi connectivity index (χ4v) is 1.27. The van der Waals surface area contributed by atoms with Gasteiger partial charge in [-0.25, -0.2) is 4.98 Å². The minimum absolute atomic E-state index is 0.317. The number of hydrogen-bond donors (Lipinski definition) is 2.